The minimum atomic E-state index is 0.0624. The zero-order chi connectivity index (χ0) is 18.9. The molecule has 5 nitrogen and oxygen atoms in total. The number of hydrogen-bond donors (Lipinski definition) is 1. The first-order chi connectivity index (χ1) is 13.8. The van der Waals surface area contributed by atoms with Gasteiger partial charge in [0.15, 0.2) is 5.82 Å². The lowest BCUT2D eigenvalue weighted by Crippen LogP contribution is -2.36. The summed E-state index contributed by atoms with van der Waals surface area (Å²) < 4.78 is 2.31. The van der Waals surface area contributed by atoms with Crippen LogP contribution in [0, 0.1) is 0 Å². The SMILES string of the molecule is OCc1cccc(N(Cc2nnc3n2CCCC3)C2Cc3ccccc3C2)c1. The monoisotopic (exact) mass is 374 g/mol. The zero-order valence-corrected chi connectivity index (χ0v) is 16.1. The Morgan fingerprint density at radius 1 is 1.00 bits per heavy atom. The summed E-state index contributed by atoms with van der Waals surface area (Å²) in [6.07, 6.45) is 5.52. The van der Waals surface area contributed by atoms with Gasteiger partial charge in [-0.1, -0.05) is 36.4 Å². The van der Waals surface area contributed by atoms with Crippen LogP contribution < -0.4 is 4.90 Å². The maximum atomic E-state index is 9.62. The van der Waals surface area contributed by atoms with E-state index in [2.05, 4.69) is 56.1 Å². The van der Waals surface area contributed by atoms with E-state index in [0.717, 1.165) is 55.3 Å². The van der Waals surface area contributed by atoms with Gasteiger partial charge < -0.3 is 14.6 Å². The molecule has 0 saturated heterocycles. The fourth-order valence-corrected chi connectivity index (χ4v) is 4.66. The van der Waals surface area contributed by atoms with Gasteiger partial charge in [0.1, 0.15) is 5.82 Å². The molecular weight excluding hydrogens is 348 g/mol. The average molecular weight is 374 g/mol. The van der Waals surface area contributed by atoms with Gasteiger partial charge in [-0.25, -0.2) is 0 Å². The Bertz CT molecular complexity index is 955. The van der Waals surface area contributed by atoms with E-state index in [1.807, 2.05) is 12.1 Å². The molecule has 2 heterocycles. The highest BCUT2D eigenvalue weighted by atomic mass is 16.3. The van der Waals surface area contributed by atoms with Crippen LogP contribution in [0.3, 0.4) is 0 Å². The molecule has 28 heavy (non-hydrogen) atoms. The molecule has 0 fully saturated rings. The number of aryl methyl sites for hydroxylation is 1. The molecule has 1 N–H and O–H groups in total. The molecule has 0 spiro atoms. The van der Waals surface area contributed by atoms with Crippen molar-refractivity contribution in [3.8, 4) is 0 Å². The van der Waals surface area contributed by atoms with E-state index >= 15 is 0 Å². The van der Waals surface area contributed by atoms with Gasteiger partial charge in [-0.05, 0) is 54.5 Å². The molecule has 144 valence electrons. The van der Waals surface area contributed by atoms with Gasteiger partial charge in [0.05, 0.1) is 13.2 Å². The summed E-state index contributed by atoms with van der Waals surface area (Å²) in [6, 6.07) is 17.4. The third-order valence-electron chi connectivity index (χ3n) is 6.14. The Morgan fingerprint density at radius 2 is 1.82 bits per heavy atom. The van der Waals surface area contributed by atoms with E-state index in [1.54, 1.807) is 0 Å². The lowest BCUT2D eigenvalue weighted by atomic mass is 10.1. The van der Waals surface area contributed by atoms with E-state index in [1.165, 1.54) is 24.0 Å². The normalized spacial score (nSPS) is 16.0. The first kappa shape index (κ1) is 17.4. The van der Waals surface area contributed by atoms with Crippen LogP contribution in [0.5, 0.6) is 0 Å². The lowest BCUT2D eigenvalue weighted by molar-refractivity contribution is 0.282. The highest BCUT2D eigenvalue weighted by Gasteiger charge is 2.29. The summed E-state index contributed by atoms with van der Waals surface area (Å²) in [6.45, 7) is 1.83. The fraction of sp³-hybridized carbons (Fsp3) is 0.391. The number of hydrogen-bond acceptors (Lipinski definition) is 4. The van der Waals surface area contributed by atoms with Crippen molar-refractivity contribution in [3.05, 3.63) is 76.9 Å². The largest absolute Gasteiger partial charge is 0.392 e. The second-order valence-corrected chi connectivity index (χ2v) is 7.93. The van der Waals surface area contributed by atoms with Crippen molar-refractivity contribution in [1.82, 2.24) is 14.8 Å². The van der Waals surface area contributed by atoms with Gasteiger partial charge in [-0.3, -0.25) is 0 Å². The van der Waals surface area contributed by atoms with Crippen LogP contribution in [-0.2, 0) is 39.0 Å². The molecule has 1 aliphatic heterocycles. The molecule has 0 atom stereocenters. The van der Waals surface area contributed by atoms with Crippen LogP contribution in [-0.4, -0.2) is 25.9 Å². The van der Waals surface area contributed by atoms with Crippen molar-refractivity contribution >= 4 is 5.69 Å². The first-order valence-electron chi connectivity index (χ1n) is 10.3. The fourth-order valence-electron chi connectivity index (χ4n) is 4.66. The quantitative estimate of drug-likeness (QED) is 0.745. The maximum Gasteiger partial charge on any atom is 0.152 e. The molecular formula is C23H26N4O. The van der Waals surface area contributed by atoms with Crippen LogP contribution in [0.4, 0.5) is 5.69 Å². The van der Waals surface area contributed by atoms with Gasteiger partial charge in [0.2, 0.25) is 0 Å². The predicted molar refractivity (Wildman–Crippen MR) is 109 cm³/mol. The van der Waals surface area contributed by atoms with Crippen molar-refractivity contribution in [2.24, 2.45) is 0 Å². The van der Waals surface area contributed by atoms with E-state index in [4.69, 9.17) is 0 Å². The number of fused-ring (bicyclic) bond motifs is 2. The van der Waals surface area contributed by atoms with Crippen molar-refractivity contribution in [2.75, 3.05) is 4.90 Å². The summed E-state index contributed by atoms with van der Waals surface area (Å²) in [5.74, 6) is 2.18. The van der Waals surface area contributed by atoms with Crippen LogP contribution in [0.2, 0.25) is 0 Å². The summed E-state index contributed by atoms with van der Waals surface area (Å²) in [7, 11) is 0. The molecule has 0 saturated carbocycles. The van der Waals surface area contributed by atoms with Crippen LogP contribution in [0.15, 0.2) is 48.5 Å². The van der Waals surface area contributed by atoms with Gasteiger partial charge in [0, 0.05) is 24.7 Å². The molecule has 3 aromatic rings. The van der Waals surface area contributed by atoms with E-state index < -0.39 is 0 Å². The molecule has 5 rings (SSSR count). The van der Waals surface area contributed by atoms with Gasteiger partial charge in [-0.15, -0.1) is 10.2 Å². The Morgan fingerprint density at radius 3 is 2.61 bits per heavy atom. The van der Waals surface area contributed by atoms with Crippen molar-refractivity contribution in [3.63, 3.8) is 0 Å². The second kappa shape index (κ2) is 7.40. The second-order valence-electron chi connectivity index (χ2n) is 7.93. The standard InChI is InChI=1S/C23H26N4O/c28-16-17-6-5-9-20(12-17)27(21-13-18-7-1-2-8-19(18)14-21)15-23-25-24-22-10-3-4-11-26(22)23/h1-2,5-9,12,21,28H,3-4,10-11,13-16H2. The lowest BCUT2D eigenvalue weighted by Gasteiger charge is -2.31. The number of aromatic nitrogens is 3. The van der Waals surface area contributed by atoms with Crippen LogP contribution in [0.25, 0.3) is 0 Å². The Balaban J connectivity index is 1.49. The smallest absolute Gasteiger partial charge is 0.152 e. The summed E-state index contributed by atoms with van der Waals surface area (Å²) in [4.78, 5) is 2.46. The van der Waals surface area contributed by atoms with E-state index in [9.17, 15) is 5.11 Å². The molecule has 2 aromatic carbocycles. The summed E-state index contributed by atoms with van der Waals surface area (Å²) in [5.41, 5.74) is 4.98. The minimum Gasteiger partial charge on any atom is -0.392 e. The number of anilines is 1. The maximum absolute atomic E-state index is 9.62. The van der Waals surface area contributed by atoms with Crippen LogP contribution in [0.1, 0.15) is 41.2 Å². The molecule has 0 bridgehead atoms. The summed E-state index contributed by atoms with van der Waals surface area (Å²) in [5, 5.41) is 18.6. The zero-order valence-electron chi connectivity index (χ0n) is 16.1. The molecule has 0 unspecified atom stereocenters. The number of benzene rings is 2. The molecule has 0 amide bonds. The van der Waals surface area contributed by atoms with Crippen molar-refractivity contribution in [2.45, 2.75) is 57.8 Å². The number of nitrogens with zero attached hydrogens (tertiary/aromatic N) is 4. The molecule has 1 aliphatic carbocycles. The molecule has 0 radical (unpaired) electrons. The number of aliphatic hydroxyl groups is 1. The molecule has 1 aromatic heterocycles. The van der Waals surface area contributed by atoms with Crippen molar-refractivity contribution < 1.29 is 5.11 Å². The Labute approximate surface area is 165 Å². The Kier molecular flexibility index (Phi) is 4.61. The third-order valence-corrected chi connectivity index (χ3v) is 6.14. The van der Waals surface area contributed by atoms with Gasteiger partial charge >= 0.3 is 0 Å². The van der Waals surface area contributed by atoms with Gasteiger partial charge in [-0.2, -0.15) is 0 Å². The summed E-state index contributed by atoms with van der Waals surface area (Å²) >= 11 is 0. The minimum absolute atomic E-state index is 0.0624. The highest BCUT2D eigenvalue weighted by molar-refractivity contribution is 5.51. The third kappa shape index (κ3) is 3.20. The topological polar surface area (TPSA) is 54.2 Å². The average Bonchev–Trinajstić information content (AvgIpc) is 3.36. The van der Waals surface area contributed by atoms with Gasteiger partial charge in [0.25, 0.3) is 0 Å². The molecule has 2 aliphatic rings. The van der Waals surface area contributed by atoms with E-state index in [-0.39, 0.29) is 6.61 Å². The van der Waals surface area contributed by atoms with Crippen molar-refractivity contribution in [1.29, 1.82) is 0 Å². The predicted octanol–water partition coefficient (Wildman–Crippen LogP) is 3.28. The van der Waals surface area contributed by atoms with E-state index in [0.29, 0.717) is 6.04 Å². The number of rotatable bonds is 5. The highest BCUT2D eigenvalue weighted by Crippen LogP contribution is 2.31. The molecule has 5 heteroatoms. The number of aliphatic hydroxyl groups excluding tert-OH is 1. The Hall–Kier alpha value is -2.66. The first-order valence-corrected chi connectivity index (χ1v) is 10.3. The van der Waals surface area contributed by atoms with Crippen LogP contribution >= 0.6 is 0 Å².